The molecule has 0 saturated carbocycles. The van der Waals surface area contributed by atoms with E-state index in [1.54, 1.807) is 25.1 Å². The first-order valence-electron chi connectivity index (χ1n) is 5.60. The highest BCUT2D eigenvalue weighted by molar-refractivity contribution is 5.72. The third kappa shape index (κ3) is 2.70. The number of anilines is 1. The Kier molecular flexibility index (Phi) is 3.60. The summed E-state index contributed by atoms with van der Waals surface area (Å²) in [5, 5.41) is 10.1. The lowest BCUT2D eigenvalue weighted by Crippen LogP contribution is -2.33. The van der Waals surface area contributed by atoms with Crippen molar-refractivity contribution >= 4 is 5.69 Å². The zero-order valence-corrected chi connectivity index (χ0v) is 10.4. The molecule has 0 saturated heterocycles. The van der Waals surface area contributed by atoms with E-state index in [0.717, 1.165) is 5.56 Å². The first kappa shape index (κ1) is 14.2. The van der Waals surface area contributed by atoms with Crippen molar-refractivity contribution in [3.05, 3.63) is 23.8 Å². The van der Waals surface area contributed by atoms with Crippen LogP contribution in [0, 0.1) is 6.92 Å². The summed E-state index contributed by atoms with van der Waals surface area (Å²) in [5.41, 5.74) is 7.13. The summed E-state index contributed by atoms with van der Waals surface area (Å²) in [4.78, 5) is 0. The molecule has 0 radical (unpaired) electrons. The predicted molar refractivity (Wildman–Crippen MR) is 63.4 cm³/mol. The van der Waals surface area contributed by atoms with E-state index in [2.05, 4.69) is 15.5 Å². The topological polar surface area (TPSA) is 69.6 Å². The number of nitrogens with two attached hydrogens (primary N) is 1. The van der Waals surface area contributed by atoms with Gasteiger partial charge >= 0.3 is 12.3 Å². The highest BCUT2D eigenvalue weighted by Gasteiger charge is 2.42. The molecule has 0 aliphatic rings. The number of nitrogens with zero attached hydrogens (tertiary/aromatic N) is 4. The molecule has 0 unspecified atom stereocenters. The van der Waals surface area contributed by atoms with E-state index in [4.69, 9.17) is 5.73 Å². The summed E-state index contributed by atoms with van der Waals surface area (Å²) in [6.07, 6.45) is -3.80. The maximum atomic E-state index is 13.1. The predicted octanol–water partition coefficient (Wildman–Crippen LogP) is 2.13. The van der Waals surface area contributed by atoms with E-state index in [1.807, 2.05) is 0 Å². The van der Waals surface area contributed by atoms with Gasteiger partial charge in [-0.1, -0.05) is 11.6 Å². The van der Waals surface area contributed by atoms with E-state index in [-0.39, 0.29) is 11.5 Å². The Labute approximate surface area is 111 Å². The Balaban J connectivity index is 2.41. The van der Waals surface area contributed by atoms with Crippen LogP contribution in [0.25, 0.3) is 11.4 Å². The SMILES string of the molecule is Cc1ccc(N)c(-c2nnnn2CC(F)(F)C(F)F)c1. The molecule has 0 atom stereocenters. The third-order valence-electron chi connectivity index (χ3n) is 2.66. The van der Waals surface area contributed by atoms with Crippen LogP contribution < -0.4 is 5.73 Å². The van der Waals surface area contributed by atoms with Gasteiger partial charge in [-0.05, 0) is 29.5 Å². The largest absolute Gasteiger partial charge is 0.398 e. The van der Waals surface area contributed by atoms with Crippen molar-refractivity contribution in [1.29, 1.82) is 0 Å². The van der Waals surface area contributed by atoms with Gasteiger partial charge in [0.25, 0.3) is 0 Å². The average molecular weight is 289 g/mol. The highest BCUT2D eigenvalue weighted by Crippen LogP contribution is 2.29. The van der Waals surface area contributed by atoms with Gasteiger partial charge in [0.2, 0.25) is 0 Å². The van der Waals surface area contributed by atoms with E-state index < -0.39 is 18.9 Å². The van der Waals surface area contributed by atoms with E-state index in [1.165, 1.54) is 0 Å². The van der Waals surface area contributed by atoms with Gasteiger partial charge in [-0.15, -0.1) is 5.10 Å². The van der Waals surface area contributed by atoms with Gasteiger partial charge in [0.1, 0.15) is 6.54 Å². The van der Waals surface area contributed by atoms with Crippen molar-refractivity contribution in [1.82, 2.24) is 20.2 Å². The summed E-state index contributed by atoms with van der Waals surface area (Å²) in [6, 6.07) is 4.88. The molecule has 0 amide bonds. The number of aryl methyl sites for hydroxylation is 1. The van der Waals surface area contributed by atoms with Gasteiger partial charge in [-0.2, -0.15) is 8.78 Å². The summed E-state index contributed by atoms with van der Waals surface area (Å²) in [5.74, 6) is -4.30. The van der Waals surface area contributed by atoms with Crippen molar-refractivity contribution in [2.24, 2.45) is 0 Å². The second-order valence-electron chi connectivity index (χ2n) is 4.31. The molecule has 0 bridgehead atoms. The van der Waals surface area contributed by atoms with Crippen molar-refractivity contribution < 1.29 is 17.6 Å². The van der Waals surface area contributed by atoms with Gasteiger partial charge < -0.3 is 5.73 Å². The molecule has 2 N–H and O–H groups in total. The number of aromatic nitrogens is 4. The quantitative estimate of drug-likeness (QED) is 0.691. The molecular weight excluding hydrogens is 278 g/mol. The second-order valence-corrected chi connectivity index (χ2v) is 4.31. The molecule has 1 aromatic carbocycles. The number of tetrazole rings is 1. The van der Waals surface area contributed by atoms with Gasteiger partial charge in [0.05, 0.1) is 0 Å². The summed E-state index contributed by atoms with van der Waals surface area (Å²) in [6.45, 7) is 0.450. The van der Waals surface area contributed by atoms with Crippen LogP contribution in [0.3, 0.4) is 0 Å². The fourth-order valence-corrected chi connectivity index (χ4v) is 1.64. The number of nitrogen functional groups attached to an aromatic ring is 1. The minimum Gasteiger partial charge on any atom is -0.398 e. The average Bonchev–Trinajstić information content (AvgIpc) is 2.79. The molecule has 2 aromatic rings. The van der Waals surface area contributed by atoms with Crippen LogP contribution in [0.4, 0.5) is 23.2 Å². The van der Waals surface area contributed by atoms with Gasteiger partial charge in [-0.3, -0.25) is 0 Å². The summed E-state index contributed by atoms with van der Waals surface area (Å²) < 4.78 is 51.2. The van der Waals surface area contributed by atoms with E-state index >= 15 is 0 Å². The maximum absolute atomic E-state index is 13.1. The van der Waals surface area contributed by atoms with E-state index in [0.29, 0.717) is 10.2 Å². The van der Waals surface area contributed by atoms with Gasteiger partial charge in [0.15, 0.2) is 5.82 Å². The van der Waals surface area contributed by atoms with Gasteiger partial charge in [0, 0.05) is 11.3 Å². The number of rotatable bonds is 4. The fraction of sp³-hybridized carbons (Fsp3) is 0.364. The maximum Gasteiger partial charge on any atom is 0.326 e. The number of alkyl halides is 4. The Bertz CT molecular complexity index is 611. The summed E-state index contributed by atoms with van der Waals surface area (Å²) >= 11 is 0. The summed E-state index contributed by atoms with van der Waals surface area (Å²) in [7, 11) is 0. The lowest BCUT2D eigenvalue weighted by molar-refractivity contribution is -0.139. The lowest BCUT2D eigenvalue weighted by atomic mass is 10.1. The normalized spacial score (nSPS) is 12.1. The van der Waals surface area contributed by atoms with Crippen LogP contribution in [-0.4, -0.2) is 32.6 Å². The smallest absolute Gasteiger partial charge is 0.326 e. The Morgan fingerprint density at radius 3 is 2.70 bits per heavy atom. The number of benzene rings is 1. The first-order chi connectivity index (χ1) is 9.31. The Morgan fingerprint density at radius 2 is 2.05 bits per heavy atom. The van der Waals surface area contributed by atoms with Crippen molar-refractivity contribution in [3.8, 4) is 11.4 Å². The molecular formula is C11H11F4N5. The molecule has 20 heavy (non-hydrogen) atoms. The molecule has 0 spiro atoms. The molecule has 0 fully saturated rings. The van der Waals surface area contributed by atoms with Crippen LogP contribution in [-0.2, 0) is 6.54 Å². The van der Waals surface area contributed by atoms with Crippen LogP contribution in [0.1, 0.15) is 5.56 Å². The number of hydrogen-bond acceptors (Lipinski definition) is 4. The standard InChI is InChI=1S/C11H11F4N5/c1-6-2-3-8(16)7(4-6)9-17-18-19-20(9)5-11(14,15)10(12)13/h2-4,10H,5,16H2,1H3. The Hall–Kier alpha value is -2.19. The van der Waals surface area contributed by atoms with Crippen molar-refractivity contribution in [2.75, 3.05) is 5.73 Å². The van der Waals surface area contributed by atoms with Gasteiger partial charge in [-0.25, -0.2) is 13.5 Å². The number of hydrogen-bond donors (Lipinski definition) is 1. The minimum atomic E-state index is -4.22. The Morgan fingerprint density at radius 1 is 1.35 bits per heavy atom. The van der Waals surface area contributed by atoms with Crippen LogP contribution in [0.2, 0.25) is 0 Å². The molecule has 0 aliphatic heterocycles. The third-order valence-corrected chi connectivity index (χ3v) is 2.66. The molecule has 5 nitrogen and oxygen atoms in total. The monoisotopic (exact) mass is 289 g/mol. The zero-order valence-electron chi connectivity index (χ0n) is 10.4. The van der Waals surface area contributed by atoms with Crippen LogP contribution in [0.5, 0.6) is 0 Å². The second kappa shape index (κ2) is 5.06. The molecule has 2 rings (SSSR count). The number of halogens is 4. The molecule has 108 valence electrons. The van der Waals surface area contributed by atoms with Crippen molar-refractivity contribution in [2.45, 2.75) is 25.8 Å². The molecule has 1 aromatic heterocycles. The molecule has 1 heterocycles. The molecule has 0 aliphatic carbocycles. The minimum absolute atomic E-state index is 0.0773. The van der Waals surface area contributed by atoms with Crippen molar-refractivity contribution in [3.63, 3.8) is 0 Å². The van der Waals surface area contributed by atoms with Crippen LogP contribution >= 0.6 is 0 Å². The van der Waals surface area contributed by atoms with Crippen LogP contribution in [0.15, 0.2) is 18.2 Å². The highest BCUT2D eigenvalue weighted by atomic mass is 19.3. The molecule has 9 heteroatoms. The lowest BCUT2D eigenvalue weighted by Gasteiger charge is -2.15. The zero-order chi connectivity index (χ0) is 14.9. The first-order valence-corrected chi connectivity index (χ1v) is 5.60. The fourth-order valence-electron chi connectivity index (χ4n) is 1.64. The van der Waals surface area contributed by atoms with E-state index in [9.17, 15) is 17.6 Å².